The molecule has 0 heterocycles. The maximum Gasteiger partial charge on any atom is 0.158 e. The van der Waals surface area contributed by atoms with E-state index in [0.29, 0.717) is 25.7 Å². The van der Waals surface area contributed by atoms with Crippen LogP contribution < -0.4 is 0 Å². The number of ketones is 2. The van der Waals surface area contributed by atoms with Gasteiger partial charge in [0.2, 0.25) is 0 Å². The minimum absolute atomic E-state index is 0.0961. The average Bonchev–Trinajstić information content (AvgIpc) is 2.89. The van der Waals surface area contributed by atoms with Gasteiger partial charge in [0.1, 0.15) is 12.4 Å². The quantitative estimate of drug-likeness (QED) is 0.427. The first-order valence-corrected chi connectivity index (χ1v) is 10.2. The van der Waals surface area contributed by atoms with Crippen LogP contribution in [0.5, 0.6) is 0 Å². The summed E-state index contributed by atoms with van der Waals surface area (Å²) in [5, 5.41) is 29.2. The first-order valence-electron chi connectivity index (χ1n) is 10.2. The van der Waals surface area contributed by atoms with Crippen molar-refractivity contribution in [3.63, 3.8) is 0 Å². The molecule has 0 aromatic carbocycles. The highest BCUT2D eigenvalue weighted by Gasteiger charge is 2.39. The van der Waals surface area contributed by atoms with E-state index in [0.717, 1.165) is 25.7 Å². The van der Waals surface area contributed by atoms with E-state index in [1.165, 1.54) is 0 Å². The van der Waals surface area contributed by atoms with Crippen molar-refractivity contribution >= 4 is 11.6 Å². The second-order valence-electron chi connectivity index (χ2n) is 7.94. The number of carbonyl (C=O) groups excluding carboxylic acids is 2. The first-order chi connectivity index (χ1) is 12.8. The Kier molecular flexibility index (Phi) is 10.7. The van der Waals surface area contributed by atoms with Crippen molar-refractivity contribution < 1.29 is 24.9 Å². The summed E-state index contributed by atoms with van der Waals surface area (Å²) in [5.41, 5.74) is -0.746. The van der Waals surface area contributed by atoms with Gasteiger partial charge in [0.15, 0.2) is 5.78 Å². The summed E-state index contributed by atoms with van der Waals surface area (Å²) >= 11 is 0. The molecule has 1 fully saturated rings. The molecule has 0 aromatic heterocycles. The number of hydrogen-bond acceptors (Lipinski definition) is 5. The lowest BCUT2D eigenvalue weighted by atomic mass is 9.88. The van der Waals surface area contributed by atoms with E-state index in [9.17, 15) is 19.8 Å². The molecular weight excluding hydrogens is 344 g/mol. The summed E-state index contributed by atoms with van der Waals surface area (Å²) in [5.74, 6) is -0.461. The van der Waals surface area contributed by atoms with Crippen LogP contribution in [0, 0.1) is 11.8 Å². The second-order valence-corrected chi connectivity index (χ2v) is 7.94. The molecule has 154 valence electrons. The molecule has 0 unspecified atom stereocenters. The highest BCUT2D eigenvalue weighted by molar-refractivity contribution is 5.84. The van der Waals surface area contributed by atoms with E-state index in [2.05, 4.69) is 6.92 Å². The highest BCUT2D eigenvalue weighted by atomic mass is 16.3. The molecule has 0 radical (unpaired) electrons. The molecule has 4 atom stereocenters. The first kappa shape index (κ1) is 23.7. The molecule has 0 saturated heterocycles. The zero-order valence-electron chi connectivity index (χ0n) is 16.8. The monoisotopic (exact) mass is 380 g/mol. The second kappa shape index (κ2) is 12.2. The fourth-order valence-electron chi connectivity index (χ4n) is 3.57. The molecule has 1 saturated carbocycles. The molecule has 1 aliphatic rings. The van der Waals surface area contributed by atoms with Crippen LogP contribution in [0.15, 0.2) is 24.3 Å². The third-order valence-corrected chi connectivity index (χ3v) is 5.29. The van der Waals surface area contributed by atoms with Crippen molar-refractivity contribution in [2.75, 3.05) is 6.61 Å². The lowest BCUT2D eigenvalue weighted by molar-refractivity contribution is -0.122. The Bertz CT molecular complexity index is 521. The van der Waals surface area contributed by atoms with Crippen LogP contribution in [0.25, 0.3) is 0 Å². The van der Waals surface area contributed by atoms with Gasteiger partial charge in [0, 0.05) is 24.7 Å². The maximum atomic E-state index is 12.2. The lowest BCUT2D eigenvalue weighted by Gasteiger charge is -2.22. The van der Waals surface area contributed by atoms with Crippen molar-refractivity contribution in [1.82, 2.24) is 0 Å². The predicted octanol–water partition coefficient (Wildman–Crippen LogP) is 3.12. The van der Waals surface area contributed by atoms with Crippen molar-refractivity contribution in [3.8, 4) is 0 Å². The van der Waals surface area contributed by atoms with Gasteiger partial charge in [0.05, 0.1) is 11.7 Å². The molecule has 1 aliphatic carbocycles. The molecule has 0 spiro atoms. The number of Topliss-reactive ketones (excluding diaryl/α,β-unsaturated/α-hetero) is 2. The van der Waals surface area contributed by atoms with Crippen LogP contribution in [-0.4, -0.2) is 45.2 Å². The van der Waals surface area contributed by atoms with Crippen molar-refractivity contribution in [2.24, 2.45) is 11.8 Å². The minimum Gasteiger partial charge on any atom is -0.392 e. The Labute approximate surface area is 163 Å². The van der Waals surface area contributed by atoms with Crippen molar-refractivity contribution in [1.29, 1.82) is 0 Å². The number of allylic oxidation sites excluding steroid dienone is 2. The Morgan fingerprint density at radius 1 is 1.26 bits per heavy atom. The fourth-order valence-corrected chi connectivity index (χ4v) is 3.57. The number of rotatable bonds is 13. The molecule has 5 heteroatoms. The van der Waals surface area contributed by atoms with Crippen LogP contribution in [0.1, 0.15) is 71.6 Å². The Morgan fingerprint density at radius 2 is 1.96 bits per heavy atom. The van der Waals surface area contributed by atoms with E-state index < -0.39 is 18.3 Å². The van der Waals surface area contributed by atoms with Gasteiger partial charge in [-0.2, -0.15) is 0 Å². The summed E-state index contributed by atoms with van der Waals surface area (Å²) in [6, 6.07) is 0. The van der Waals surface area contributed by atoms with Gasteiger partial charge in [-0.3, -0.25) is 9.59 Å². The maximum absolute atomic E-state index is 12.2. The van der Waals surface area contributed by atoms with Crippen LogP contribution in [-0.2, 0) is 9.59 Å². The fraction of sp³-hybridized carbons (Fsp3) is 0.727. The zero-order chi connectivity index (χ0) is 20.3. The molecule has 1 rings (SSSR count). The molecular formula is C22H36O5. The highest BCUT2D eigenvalue weighted by Crippen LogP contribution is 2.34. The summed E-state index contributed by atoms with van der Waals surface area (Å²) in [6.45, 7) is 3.50. The number of aliphatic hydroxyl groups is 3. The van der Waals surface area contributed by atoms with E-state index in [-0.39, 0.29) is 29.8 Å². The number of aliphatic hydroxyl groups excluding tert-OH is 2. The van der Waals surface area contributed by atoms with Gasteiger partial charge in [-0.25, -0.2) is 0 Å². The van der Waals surface area contributed by atoms with Gasteiger partial charge in [-0.15, -0.1) is 0 Å². The molecule has 3 N–H and O–H groups in total. The number of carbonyl (C=O) groups is 2. The Morgan fingerprint density at radius 3 is 2.63 bits per heavy atom. The average molecular weight is 381 g/mol. The third-order valence-electron chi connectivity index (χ3n) is 5.29. The molecule has 0 bridgehead atoms. The van der Waals surface area contributed by atoms with Crippen LogP contribution >= 0.6 is 0 Å². The Hall–Kier alpha value is -1.30. The topological polar surface area (TPSA) is 94.8 Å². The number of hydrogen-bond donors (Lipinski definition) is 3. The standard InChI is InChI=1S/C22H36O5/c1-3-4-13-22(2,27)14-9-12-19-18(20(25)15-21(19)26)11-8-6-5-7-10-17(24)16-23/h5-6,9,12,18-19,21,23,26-27H,3-4,7-8,10-11,13-16H2,1-2H3/t18-,19-,21-,22-/m0/s1. The van der Waals surface area contributed by atoms with Gasteiger partial charge in [0.25, 0.3) is 0 Å². The van der Waals surface area contributed by atoms with E-state index in [4.69, 9.17) is 5.11 Å². The van der Waals surface area contributed by atoms with Crippen LogP contribution in [0.4, 0.5) is 0 Å². The van der Waals surface area contributed by atoms with Gasteiger partial charge >= 0.3 is 0 Å². The summed E-state index contributed by atoms with van der Waals surface area (Å²) in [6.07, 6.45) is 12.8. The predicted molar refractivity (Wildman–Crippen MR) is 106 cm³/mol. The van der Waals surface area contributed by atoms with E-state index in [1.54, 1.807) is 0 Å². The molecule has 0 aliphatic heterocycles. The zero-order valence-corrected chi connectivity index (χ0v) is 16.8. The van der Waals surface area contributed by atoms with Crippen LogP contribution in [0.2, 0.25) is 0 Å². The smallest absolute Gasteiger partial charge is 0.158 e. The Balaban J connectivity index is 2.49. The summed E-state index contributed by atoms with van der Waals surface area (Å²) in [4.78, 5) is 23.2. The van der Waals surface area contributed by atoms with E-state index >= 15 is 0 Å². The minimum atomic E-state index is -0.746. The summed E-state index contributed by atoms with van der Waals surface area (Å²) < 4.78 is 0. The largest absolute Gasteiger partial charge is 0.392 e. The van der Waals surface area contributed by atoms with Gasteiger partial charge in [-0.1, -0.05) is 44.1 Å². The van der Waals surface area contributed by atoms with Gasteiger partial charge in [-0.05, 0) is 39.0 Å². The van der Waals surface area contributed by atoms with Gasteiger partial charge < -0.3 is 15.3 Å². The summed E-state index contributed by atoms with van der Waals surface area (Å²) in [7, 11) is 0. The SMILES string of the molecule is CCCC[C@](C)(O)CC=C[C@H]1[C@H](CCC=CCCC(=O)CO)C(=O)C[C@@H]1O. The van der Waals surface area contributed by atoms with E-state index in [1.807, 2.05) is 31.2 Å². The lowest BCUT2D eigenvalue weighted by Crippen LogP contribution is -2.23. The molecule has 0 aromatic rings. The molecule has 27 heavy (non-hydrogen) atoms. The normalized spacial score (nSPS) is 25.5. The third kappa shape index (κ3) is 8.96. The molecule has 0 amide bonds. The molecule has 5 nitrogen and oxygen atoms in total. The number of unbranched alkanes of at least 4 members (excludes halogenated alkanes) is 1. The van der Waals surface area contributed by atoms with Crippen molar-refractivity contribution in [2.45, 2.75) is 83.3 Å². The van der Waals surface area contributed by atoms with Crippen LogP contribution in [0.3, 0.4) is 0 Å². The van der Waals surface area contributed by atoms with Crippen molar-refractivity contribution in [3.05, 3.63) is 24.3 Å².